The van der Waals surface area contributed by atoms with Crippen molar-refractivity contribution < 1.29 is 12.9 Å². The molecule has 1 heterocycles. The van der Waals surface area contributed by atoms with E-state index in [1.807, 2.05) is 43.3 Å². The Bertz CT molecular complexity index is 632. The Balaban J connectivity index is 1.83. The summed E-state index contributed by atoms with van der Waals surface area (Å²) in [5, 5.41) is 3.89. The van der Waals surface area contributed by atoms with Gasteiger partial charge in [0.05, 0.1) is 17.2 Å². The maximum atomic E-state index is 12.0. The van der Waals surface area contributed by atoms with Crippen LogP contribution in [0, 0.1) is 0 Å². The average Bonchev–Trinajstić information content (AvgIpc) is 2.87. The molecule has 0 aliphatic heterocycles. The summed E-state index contributed by atoms with van der Waals surface area (Å²) < 4.78 is 29.2. The largest absolute Gasteiger partial charge is 0.361 e. The highest BCUT2D eigenvalue weighted by atomic mass is 32.2. The Morgan fingerprint density at radius 2 is 1.95 bits per heavy atom. The van der Waals surface area contributed by atoms with Crippen molar-refractivity contribution in [1.29, 1.82) is 0 Å². The van der Waals surface area contributed by atoms with Crippen LogP contribution in [0.15, 0.2) is 40.9 Å². The minimum atomic E-state index is -3.07. The molecule has 0 atom stereocenters. The zero-order valence-corrected chi connectivity index (χ0v) is 12.4. The number of hydrogen-bond acceptors (Lipinski definition) is 4. The topological polar surface area (TPSA) is 60.2 Å². The van der Waals surface area contributed by atoms with Gasteiger partial charge < -0.3 is 4.52 Å². The van der Waals surface area contributed by atoms with Crippen molar-refractivity contribution in [3.8, 4) is 0 Å². The second kappa shape index (κ2) is 6.70. The second-order valence-electron chi connectivity index (χ2n) is 4.82. The molecular formula is C15H19NO3S. The van der Waals surface area contributed by atoms with Crippen LogP contribution in [0.5, 0.6) is 0 Å². The van der Waals surface area contributed by atoms with Gasteiger partial charge in [-0.1, -0.05) is 42.4 Å². The molecule has 2 aromatic rings. The number of hydrogen-bond donors (Lipinski definition) is 0. The molecule has 0 unspecified atom stereocenters. The van der Waals surface area contributed by atoms with E-state index in [0.29, 0.717) is 12.8 Å². The van der Waals surface area contributed by atoms with Gasteiger partial charge in [0.25, 0.3) is 0 Å². The SMILES string of the molecule is CCc1cc(CCCS(=O)(=O)Cc2ccccc2)on1. The average molecular weight is 293 g/mol. The predicted molar refractivity (Wildman–Crippen MR) is 78.1 cm³/mol. The third kappa shape index (κ3) is 4.49. The second-order valence-corrected chi connectivity index (χ2v) is 7.00. The van der Waals surface area contributed by atoms with Crippen LogP contribution in [0.1, 0.15) is 30.4 Å². The van der Waals surface area contributed by atoms with Gasteiger partial charge in [0.2, 0.25) is 0 Å². The van der Waals surface area contributed by atoms with E-state index in [1.165, 1.54) is 0 Å². The zero-order valence-electron chi connectivity index (χ0n) is 11.6. The highest BCUT2D eigenvalue weighted by Crippen LogP contribution is 2.11. The fourth-order valence-corrected chi connectivity index (χ4v) is 3.44. The fourth-order valence-electron chi connectivity index (χ4n) is 2.01. The lowest BCUT2D eigenvalue weighted by Crippen LogP contribution is -2.10. The maximum Gasteiger partial charge on any atom is 0.154 e. The monoisotopic (exact) mass is 293 g/mol. The number of aryl methyl sites for hydroxylation is 2. The lowest BCUT2D eigenvalue weighted by atomic mass is 10.2. The number of nitrogens with zero attached hydrogens (tertiary/aromatic N) is 1. The normalized spacial score (nSPS) is 11.7. The summed E-state index contributed by atoms with van der Waals surface area (Å²) in [5.74, 6) is 1.03. The van der Waals surface area contributed by atoms with Crippen molar-refractivity contribution >= 4 is 9.84 Å². The molecule has 0 aliphatic carbocycles. The Kier molecular flexibility index (Phi) is 4.95. The maximum absolute atomic E-state index is 12.0. The summed E-state index contributed by atoms with van der Waals surface area (Å²) in [6.07, 6.45) is 2.00. The first-order valence-corrected chi connectivity index (χ1v) is 8.60. The Labute approximate surface area is 119 Å². The lowest BCUT2D eigenvalue weighted by Gasteiger charge is -2.03. The van der Waals surface area contributed by atoms with Gasteiger partial charge in [0, 0.05) is 12.5 Å². The van der Waals surface area contributed by atoms with Gasteiger partial charge in [-0.15, -0.1) is 0 Å². The summed E-state index contributed by atoms with van der Waals surface area (Å²) in [6, 6.07) is 11.1. The molecule has 1 aromatic heterocycles. The molecule has 2 rings (SSSR count). The number of sulfone groups is 1. The predicted octanol–water partition coefficient (Wildman–Crippen LogP) is 2.78. The van der Waals surface area contributed by atoms with E-state index >= 15 is 0 Å². The molecule has 0 bridgehead atoms. The number of benzene rings is 1. The minimum Gasteiger partial charge on any atom is -0.361 e. The van der Waals surface area contributed by atoms with Crippen molar-refractivity contribution in [2.75, 3.05) is 5.75 Å². The summed E-state index contributed by atoms with van der Waals surface area (Å²) >= 11 is 0. The molecule has 0 saturated carbocycles. The smallest absolute Gasteiger partial charge is 0.154 e. The van der Waals surface area contributed by atoms with Crippen molar-refractivity contribution in [1.82, 2.24) is 5.16 Å². The van der Waals surface area contributed by atoms with Crippen molar-refractivity contribution in [3.63, 3.8) is 0 Å². The first kappa shape index (κ1) is 14.8. The third-order valence-corrected chi connectivity index (χ3v) is 4.76. The number of rotatable bonds is 7. The van der Waals surface area contributed by atoms with Gasteiger partial charge in [-0.2, -0.15) is 0 Å². The Hall–Kier alpha value is -1.62. The molecule has 0 N–H and O–H groups in total. The van der Waals surface area contributed by atoms with Crippen LogP contribution >= 0.6 is 0 Å². The van der Waals surface area contributed by atoms with Gasteiger partial charge in [-0.3, -0.25) is 0 Å². The zero-order chi connectivity index (χ0) is 14.4. The highest BCUT2D eigenvalue weighted by Gasteiger charge is 2.12. The van der Waals surface area contributed by atoms with E-state index in [-0.39, 0.29) is 11.5 Å². The molecular weight excluding hydrogens is 274 g/mol. The van der Waals surface area contributed by atoms with Gasteiger partial charge in [-0.05, 0) is 18.4 Å². The molecule has 0 spiro atoms. The third-order valence-electron chi connectivity index (χ3n) is 3.08. The van der Waals surface area contributed by atoms with Crippen LogP contribution in [0.2, 0.25) is 0 Å². The summed E-state index contributed by atoms with van der Waals surface area (Å²) in [5.41, 5.74) is 1.74. The van der Waals surface area contributed by atoms with E-state index in [2.05, 4.69) is 5.16 Å². The molecule has 1 aromatic carbocycles. The minimum absolute atomic E-state index is 0.102. The van der Waals surface area contributed by atoms with Gasteiger partial charge in [-0.25, -0.2) is 8.42 Å². The van der Waals surface area contributed by atoms with Crippen molar-refractivity contribution in [2.45, 2.75) is 31.9 Å². The van der Waals surface area contributed by atoms with Crippen LogP contribution in [-0.2, 0) is 28.4 Å². The first-order chi connectivity index (χ1) is 9.59. The van der Waals surface area contributed by atoms with Gasteiger partial charge in [0.15, 0.2) is 9.84 Å². The van der Waals surface area contributed by atoms with E-state index in [4.69, 9.17) is 4.52 Å². The van der Waals surface area contributed by atoms with E-state index in [9.17, 15) is 8.42 Å². The molecule has 0 aliphatic rings. The molecule has 0 saturated heterocycles. The first-order valence-electron chi connectivity index (χ1n) is 6.78. The molecule has 108 valence electrons. The van der Waals surface area contributed by atoms with E-state index in [0.717, 1.165) is 23.4 Å². The highest BCUT2D eigenvalue weighted by molar-refractivity contribution is 7.90. The molecule has 0 amide bonds. The van der Waals surface area contributed by atoms with E-state index in [1.54, 1.807) is 0 Å². The fraction of sp³-hybridized carbons (Fsp3) is 0.400. The van der Waals surface area contributed by atoms with Crippen LogP contribution in [0.4, 0.5) is 0 Å². The van der Waals surface area contributed by atoms with Gasteiger partial charge >= 0.3 is 0 Å². The Morgan fingerprint density at radius 3 is 2.60 bits per heavy atom. The molecule has 20 heavy (non-hydrogen) atoms. The van der Waals surface area contributed by atoms with Crippen LogP contribution in [-0.4, -0.2) is 19.3 Å². The van der Waals surface area contributed by atoms with Crippen LogP contribution in [0.3, 0.4) is 0 Å². The van der Waals surface area contributed by atoms with Crippen molar-refractivity contribution in [2.24, 2.45) is 0 Å². The molecule has 0 radical (unpaired) electrons. The van der Waals surface area contributed by atoms with Crippen LogP contribution in [0.25, 0.3) is 0 Å². The Morgan fingerprint density at radius 1 is 1.20 bits per heavy atom. The summed E-state index contributed by atoms with van der Waals surface area (Å²) in [6.45, 7) is 2.01. The number of aromatic nitrogens is 1. The van der Waals surface area contributed by atoms with Crippen LogP contribution < -0.4 is 0 Å². The van der Waals surface area contributed by atoms with Crippen molar-refractivity contribution in [3.05, 3.63) is 53.4 Å². The molecule has 0 fully saturated rings. The summed E-state index contributed by atoms with van der Waals surface area (Å²) in [4.78, 5) is 0. The standard InChI is InChI=1S/C15H19NO3S/c1-2-14-11-15(19-16-14)9-6-10-20(17,18)12-13-7-4-3-5-8-13/h3-5,7-8,11H,2,6,9-10,12H2,1H3. The van der Waals surface area contributed by atoms with E-state index < -0.39 is 9.84 Å². The molecule has 5 heteroatoms. The quantitative estimate of drug-likeness (QED) is 0.787. The molecule has 4 nitrogen and oxygen atoms in total. The lowest BCUT2D eigenvalue weighted by molar-refractivity contribution is 0.377. The van der Waals surface area contributed by atoms with Gasteiger partial charge in [0.1, 0.15) is 5.76 Å². The summed E-state index contributed by atoms with van der Waals surface area (Å²) in [7, 11) is -3.07.